The molecule has 0 fully saturated rings. The van der Waals surface area contributed by atoms with Crippen LogP contribution < -0.4 is 0 Å². The SMILES string of the molecule is CSC1=C(SC)SC(=C2SC(SC)=C(SCCCCCCn3cccc3)S2)S1. The number of thioether (sulfide) groups is 8. The molecule has 1 aromatic rings. The van der Waals surface area contributed by atoms with Crippen LogP contribution in [0.5, 0.6) is 0 Å². The van der Waals surface area contributed by atoms with Crippen molar-refractivity contribution in [2.45, 2.75) is 32.2 Å². The quantitative estimate of drug-likeness (QED) is 0.261. The summed E-state index contributed by atoms with van der Waals surface area (Å²) in [5.74, 6) is 1.24. The van der Waals surface area contributed by atoms with E-state index in [1.165, 1.54) is 56.9 Å². The van der Waals surface area contributed by atoms with Gasteiger partial charge in [0.2, 0.25) is 0 Å². The van der Waals surface area contributed by atoms with Gasteiger partial charge >= 0.3 is 0 Å². The number of hydrogen-bond acceptors (Lipinski definition) is 8. The Morgan fingerprint density at radius 3 is 1.75 bits per heavy atom. The van der Waals surface area contributed by atoms with E-state index in [9.17, 15) is 0 Å². The van der Waals surface area contributed by atoms with E-state index >= 15 is 0 Å². The summed E-state index contributed by atoms with van der Waals surface area (Å²) >= 11 is 15.7. The number of rotatable bonds is 11. The minimum atomic E-state index is 1.16. The predicted octanol–water partition coefficient (Wildman–Crippen LogP) is 9.21. The second kappa shape index (κ2) is 13.0. The smallest absolute Gasteiger partial charge is 0.0717 e. The maximum absolute atomic E-state index is 2.28. The summed E-state index contributed by atoms with van der Waals surface area (Å²) in [5, 5.41) is 0. The van der Waals surface area contributed by atoms with Gasteiger partial charge in [-0.25, -0.2) is 0 Å². The summed E-state index contributed by atoms with van der Waals surface area (Å²) in [6.45, 7) is 1.16. The summed E-state index contributed by atoms with van der Waals surface area (Å²) < 4.78 is 11.2. The van der Waals surface area contributed by atoms with E-state index in [1.807, 2.05) is 82.3 Å². The summed E-state index contributed by atoms with van der Waals surface area (Å²) in [7, 11) is 0. The molecule has 2 aliphatic rings. The number of aromatic nitrogens is 1. The van der Waals surface area contributed by atoms with E-state index in [2.05, 4.69) is 59.6 Å². The fourth-order valence-corrected chi connectivity index (χ4v) is 13.4. The second-order valence-corrected chi connectivity index (χ2v) is 15.1. The van der Waals surface area contributed by atoms with Gasteiger partial charge in [0.05, 0.1) is 25.4 Å². The van der Waals surface area contributed by atoms with Crippen molar-refractivity contribution in [3.8, 4) is 0 Å². The number of unbranched alkanes of at least 4 members (excludes halogenated alkanes) is 3. The molecule has 28 heavy (non-hydrogen) atoms. The van der Waals surface area contributed by atoms with Gasteiger partial charge < -0.3 is 4.57 Å². The first-order valence-electron chi connectivity index (χ1n) is 9.05. The van der Waals surface area contributed by atoms with Gasteiger partial charge in [-0.05, 0) is 49.5 Å². The first-order valence-corrected chi connectivity index (χ1v) is 17.0. The molecule has 1 aromatic heterocycles. The van der Waals surface area contributed by atoms with Crippen LogP contribution in [0.3, 0.4) is 0 Å². The van der Waals surface area contributed by atoms with Crippen molar-refractivity contribution >= 4 is 94.1 Å². The molecule has 0 saturated heterocycles. The predicted molar refractivity (Wildman–Crippen MR) is 147 cm³/mol. The Bertz CT molecular complexity index is 717. The van der Waals surface area contributed by atoms with Crippen molar-refractivity contribution < 1.29 is 0 Å². The summed E-state index contributed by atoms with van der Waals surface area (Å²) in [6.07, 6.45) is 16.2. The summed E-state index contributed by atoms with van der Waals surface area (Å²) in [5.41, 5.74) is 0. The molecule has 0 N–H and O–H groups in total. The van der Waals surface area contributed by atoms with Crippen LogP contribution in [0, 0.1) is 0 Å². The largest absolute Gasteiger partial charge is 0.354 e. The molecule has 3 heterocycles. The van der Waals surface area contributed by atoms with Crippen molar-refractivity contribution in [3.63, 3.8) is 0 Å². The Labute approximate surface area is 203 Å². The van der Waals surface area contributed by atoms with Gasteiger partial charge in [-0.3, -0.25) is 0 Å². The maximum atomic E-state index is 2.28. The minimum Gasteiger partial charge on any atom is -0.354 e. The van der Waals surface area contributed by atoms with Gasteiger partial charge in [0.25, 0.3) is 0 Å². The van der Waals surface area contributed by atoms with Crippen LogP contribution in [-0.4, -0.2) is 29.1 Å². The van der Waals surface area contributed by atoms with Crippen LogP contribution >= 0.6 is 94.1 Å². The third-order valence-electron chi connectivity index (χ3n) is 4.01. The van der Waals surface area contributed by atoms with E-state index in [1.54, 1.807) is 0 Å². The molecule has 9 heteroatoms. The molecule has 0 spiro atoms. The third-order valence-corrected chi connectivity index (χ3v) is 15.2. The second-order valence-electron chi connectivity index (χ2n) is 5.93. The Morgan fingerprint density at radius 1 is 0.679 bits per heavy atom. The first-order chi connectivity index (χ1) is 13.7. The Kier molecular flexibility index (Phi) is 11.1. The fraction of sp³-hybridized carbons (Fsp3) is 0.474. The van der Waals surface area contributed by atoms with Crippen LogP contribution in [-0.2, 0) is 6.54 Å². The number of aryl methyl sites for hydroxylation is 1. The molecule has 0 amide bonds. The van der Waals surface area contributed by atoms with Crippen molar-refractivity contribution in [2.75, 3.05) is 24.5 Å². The van der Waals surface area contributed by atoms with Crippen molar-refractivity contribution in [1.82, 2.24) is 4.57 Å². The third kappa shape index (κ3) is 6.90. The molecule has 0 bridgehead atoms. The van der Waals surface area contributed by atoms with Gasteiger partial charge in [0.1, 0.15) is 0 Å². The first kappa shape index (κ1) is 24.0. The molecule has 154 valence electrons. The van der Waals surface area contributed by atoms with Gasteiger partial charge in [-0.15, -0.1) is 47.0 Å². The average molecular weight is 524 g/mol. The number of nitrogens with zero attached hydrogens (tertiary/aromatic N) is 1. The molecule has 1 nitrogen and oxygen atoms in total. The zero-order valence-electron chi connectivity index (χ0n) is 16.3. The van der Waals surface area contributed by atoms with E-state index in [4.69, 9.17) is 0 Å². The highest BCUT2D eigenvalue weighted by atomic mass is 32.3. The van der Waals surface area contributed by atoms with Gasteiger partial charge in [-0.1, -0.05) is 59.9 Å². The van der Waals surface area contributed by atoms with Gasteiger partial charge in [0.15, 0.2) is 0 Å². The van der Waals surface area contributed by atoms with E-state index in [-0.39, 0.29) is 0 Å². The van der Waals surface area contributed by atoms with Crippen LogP contribution in [0.25, 0.3) is 0 Å². The van der Waals surface area contributed by atoms with E-state index < -0.39 is 0 Å². The fourth-order valence-electron chi connectivity index (χ4n) is 2.61. The zero-order chi connectivity index (χ0) is 19.8. The van der Waals surface area contributed by atoms with Gasteiger partial charge in [0, 0.05) is 18.9 Å². The highest BCUT2D eigenvalue weighted by molar-refractivity contribution is 8.44. The minimum absolute atomic E-state index is 1.16. The Morgan fingerprint density at radius 2 is 1.18 bits per heavy atom. The van der Waals surface area contributed by atoms with Crippen LogP contribution in [0.15, 0.2) is 49.9 Å². The lowest BCUT2D eigenvalue weighted by molar-refractivity contribution is 0.586. The highest BCUT2D eigenvalue weighted by Crippen LogP contribution is 2.65. The molecule has 0 radical (unpaired) electrons. The lowest BCUT2D eigenvalue weighted by atomic mass is 10.2. The monoisotopic (exact) mass is 523 g/mol. The Hall–Kier alpha value is 1.30. The molecular weight excluding hydrogens is 499 g/mol. The van der Waals surface area contributed by atoms with Crippen molar-refractivity contribution in [2.24, 2.45) is 0 Å². The molecular formula is C19H25NS8. The molecule has 0 saturated carbocycles. The number of hydrogen-bond donors (Lipinski definition) is 0. The molecule has 0 aromatic carbocycles. The zero-order valence-corrected chi connectivity index (χ0v) is 22.8. The summed E-state index contributed by atoms with van der Waals surface area (Å²) in [4.78, 5) is 0. The summed E-state index contributed by atoms with van der Waals surface area (Å²) in [6, 6.07) is 4.22. The molecule has 0 atom stereocenters. The molecule has 3 rings (SSSR count). The lowest BCUT2D eigenvalue weighted by Crippen LogP contribution is -1.93. The molecule has 0 unspecified atom stereocenters. The molecule has 2 aliphatic heterocycles. The maximum Gasteiger partial charge on any atom is 0.0717 e. The Balaban J connectivity index is 1.40. The van der Waals surface area contributed by atoms with Crippen molar-refractivity contribution in [1.29, 1.82) is 0 Å². The van der Waals surface area contributed by atoms with Crippen LogP contribution in [0.4, 0.5) is 0 Å². The normalized spacial score (nSPS) is 17.5. The average Bonchev–Trinajstić information content (AvgIpc) is 3.45. The lowest BCUT2D eigenvalue weighted by Gasteiger charge is -2.05. The molecule has 0 aliphatic carbocycles. The van der Waals surface area contributed by atoms with Crippen LogP contribution in [0.2, 0.25) is 0 Å². The van der Waals surface area contributed by atoms with Gasteiger partial charge in [-0.2, -0.15) is 0 Å². The highest BCUT2D eigenvalue weighted by Gasteiger charge is 2.29. The topological polar surface area (TPSA) is 4.93 Å². The van der Waals surface area contributed by atoms with Crippen LogP contribution in [0.1, 0.15) is 25.7 Å². The van der Waals surface area contributed by atoms with Crippen molar-refractivity contribution in [3.05, 3.63) is 49.9 Å². The van der Waals surface area contributed by atoms with E-state index in [0.29, 0.717) is 0 Å². The van der Waals surface area contributed by atoms with E-state index in [0.717, 1.165) is 6.54 Å². The standard InChI is InChI=1S/C19H25NS8/c1-21-14-15(22-2)26-18(25-14)19-27-16(23-3)17(28-19)24-13-9-5-4-6-10-20-11-7-8-12-20/h7-8,11-12H,4-6,9-10,13H2,1-3H3.